The molecule has 0 bridgehead atoms. The molecule has 25 heavy (non-hydrogen) atoms. The van der Waals surface area contributed by atoms with Crippen LogP contribution in [0.1, 0.15) is 32.3 Å². The fraction of sp³-hybridized carbons (Fsp3) is 0.579. The van der Waals surface area contributed by atoms with Gasteiger partial charge in [-0.15, -0.1) is 0 Å². The van der Waals surface area contributed by atoms with Gasteiger partial charge in [-0.3, -0.25) is 9.79 Å². The number of halogens is 1. The third kappa shape index (κ3) is 6.72. The number of hydrogen-bond donors (Lipinski definition) is 2. The highest BCUT2D eigenvalue weighted by atomic mass is 19.1. The van der Waals surface area contributed by atoms with E-state index in [9.17, 15) is 9.18 Å². The molecule has 0 radical (unpaired) electrons. The third-order valence-corrected chi connectivity index (χ3v) is 4.37. The van der Waals surface area contributed by atoms with Gasteiger partial charge in [0.25, 0.3) is 0 Å². The number of carbonyl (C=O) groups excluding carboxylic acids is 1. The van der Waals surface area contributed by atoms with Crippen LogP contribution in [0.3, 0.4) is 0 Å². The number of aliphatic imine (C=N–C) groups is 1. The Balaban J connectivity index is 1.76. The van der Waals surface area contributed by atoms with Crippen LogP contribution in [0.15, 0.2) is 29.3 Å². The molecule has 0 atom stereocenters. The molecule has 138 valence electrons. The topological polar surface area (TPSA) is 56.7 Å². The molecule has 1 aromatic carbocycles. The van der Waals surface area contributed by atoms with E-state index in [1.165, 1.54) is 25.0 Å². The number of carbonyl (C=O) groups is 1. The number of nitrogens with zero attached hydrogens (tertiary/aromatic N) is 2. The van der Waals surface area contributed by atoms with E-state index < -0.39 is 0 Å². The average Bonchev–Trinajstić information content (AvgIpc) is 2.58. The zero-order chi connectivity index (χ0) is 18.1. The predicted octanol–water partition coefficient (Wildman–Crippen LogP) is 2.18. The van der Waals surface area contributed by atoms with Gasteiger partial charge in [0.1, 0.15) is 5.82 Å². The lowest BCUT2D eigenvalue weighted by Gasteiger charge is -2.33. The maximum absolute atomic E-state index is 13.1. The largest absolute Gasteiger partial charge is 0.357 e. The molecule has 1 saturated heterocycles. The van der Waals surface area contributed by atoms with Crippen molar-refractivity contribution in [1.29, 1.82) is 0 Å². The number of nitrogens with one attached hydrogen (secondary N) is 2. The molecule has 5 nitrogen and oxygen atoms in total. The summed E-state index contributed by atoms with van der Waals surface area (Å²) in [7, 11) is 0. The van der Waals surface area contributed by atoms with Crippen molar-refractivity contribution in [2.75, 3.05) is 32.7 Å². The van der Waals surface area contributed by atoms with Gasteiger partial charge in [-0.1, -0.05) is 19.1 Å². The molecule has 0 spiro atoms. The van der Waals surface area contributed by atoms with E-state index in [1.807, 2.05) is 0 Å². The van der Waals surface area contributed by atoms with Crippen LogP contribution in [-0.2, 0) is 11.2 Å². The van der Waals surface area contributed by atoms with Crippen molar-refractivity contribution < 1.29 is 9.18 Å². The van der Waals surface area contributed by atoms with E-state index in [-0.39, 0.29) is 18.1 Å². The molecule has 1 aromatic rings. The summed E-state index contributed by atoms with van der Waals surface area (Å²) in [5, 5.41) is 6.17. The van der Waals surface area contributed by atoms with Crippen molar-refractivity contribution in [2.24, 2.45) is 10.9 Å². The van der Waals surface area contributed by atoms with Crippen LogP contribution in [0.2, 0.25) is 0 Å². The molecule has 2 rings (SSSR count). The third-order valence-electron chi connectivity index (χ3n) is 4.37. The van der Waals surface area contributed by atoms with Crippen molar-refractivity contribution in [3.63, 3.8) is 0 Å². The number of benzene rings is 1. The standard InChI is InChI=1S/C19H29FN4O/c1-3-21-19(24-11-7-15(2)8-12-24)23-10-9-22-18(25)14-16-5-4-6-17(20)13-16/h4-6,13,15H,3,7-12,14H2,1-2H3,(H,21,23)(H,22,25). The molecule has 0 unspecified atom stereocenters. The second-order valence-electron chi connectivity index (χ2n) is 6.56. The van der Waals surface area contributed by atoms with E-state index in [4.69, 9.17) is 0 Å². The summed E-state index contributed by atoms with van der Waals surface area (Å²) in [6.07, 6.45) is 2.56. The number of amides is 1. The van der Waals surface area contributed by atoms with Crippen molar-refractivity contribution in [3.05, 3.63) is 35.6 Å². The first-order valence-electron chi connectivity index (χ1n) is 9.13. The van der Waals surface area contributed by atoms with Crippen LogP contribution < -0.4 is 10.6 Å². The number of hydrogen-bond acceptors (Lipinski definition) is 2. The van der Waals surface area contributed by atoms with E-state index in [1.54, 1.807) is 12.1 Å². The van der Waals surface area contributed by atoms with Crippen LogP contribution in [0, 0.1) is 11.7 Å². The molecule has 2 N–H and O–H groups in total. The second kappa shape index (κ2) is 10.0. The smallest absolute Gasteiger partial charge is 0.224 e. The van der Waals surface area contributed by atoms with Crippen molar-refractivity contribution in [2.45, 2.75) is 33.1 Å². The lowest BCUT2D eigenvalue weighted by atomic mass is 10.00. The summed E-state index contributed by atoms with van der Waals surface area (Å²) in [5.74, 6) is 1.27. The Hall–Kier alpha value is -2.11. The normalized spacial score (nSPS) is 16.0. The minimum atomic E-state index is -0.318. The summed E-state index contributed by atoms with van der Waals surface area (Å²) >= 11 is 0. The highest BCUT2D eigenvalue weighted by Gasteiger charge is 2.18. The van der Waals surface area contributed by atoms with Crippen molar-refractivity contribution in [1.82, 2.24) is 15.5 Å². The Morgan fingerprint density at radius 3 is 2.76 bits per heavy atom. The highest BCUT2D eigenvalue weighted by Crippen LogP contribution is 2.15. The van der Waals surface area contributed by atoms with Crippen LogP contribution in [0.5, 0.6) is 0 Å². The Kier molecular flexibility index (Phi) is 7.70. The molecular formula is C19H29FN4O. The van der Waals surface area contributed by atoms with Gasteiger partial charge in [-0.05, 0) is 43.4 Å². The molecule has 0 saturated carbocycles. The molecule has 1 amide bonds. The summed E-state index contributed by atoms with van der Waals surface area (Å²) in [6.45, 7) is 8.24. The van der Waals surface area contributed by atoms with Crippen LogP contribution >= 0.6 is 0 Å². The first-order valence-corrected chi connectivity index (χ1v) is 9.13. The molecule has 1 fully saturated rings. The number of likely N-dealkylation sites (tertiary alicyclic amines) is 1. The van der Waals surface area contributed by atoms with Crippen LogP contribution in [-0.4, -0.2) is 49.5 Å². The van der Waals surface area contributed by atoms with Gasteiger partial charge in [0, 0.05) is 26.2 Å². The van der Waals surface area contributed by atoms with Gasteiger partial charge in [-0.2, -0.15) is 0 Å². The molecule has 0 aromatic heterocycles. The molecule has 1 aliphatic rings. The Morgan fingerprint density at radius 1 is 1.32 bits per heavy atom. The Labute approximate surface area is 149 Å². The van der Waals surface area contributed by atoms with Gasteiger partial charge in [0.15, 0.2) is 5.96 Å². The number of piperidine rings is 1. The molecule has 6 heteroatoms. The number of rotatable bonds is 6. The Bertz CT molecular complexity index is 583. The van der Waals surface area contributed by atoms with E-state index >= 15 is 0 Å². The van der Waals surface area contributed by atoms with Gasteiger partial charge >= 0.3 is 0 Å². The van der Waals surface area contributed by atoms with Gasteiger partial charge in [-0.25, -0.2) is 4.39 Å². The number of guanidine groups is 1. The second-order valence-corrected chi connectivity index (χ2v) is 6.56. The predicted molar refractivity (Wildman–Crippen MR) is 99.1 cm³/mol. The monoisotopic (exact) mass is 348 g/mol. The first-order chi connectivity index (χ1) is 12.1. The molecular weight excluding hydrogens is 319 g/mol. The van der Waals surface area contributed by atoms with E-state index in [0.717, 1.165) is 31.5 Å². The highest BCUT2D eigenvalue weighted by molar-refractivity contribution is 5.80. The van der Waals surface area contributed by atoms with Crippen molar-refractivity contribution in [3.8, 4) is 0 Å². The zero-order valence-corrected chi connectivity index (χ0v) is 15.2. The van der Waals surface area contributed by atoms with E-state index in [0.29, 0.717) is 18.7 Å². The van der Waals surface area contributed by atoms with E-state index in [2.05, 4.69) is 34.4 Å². The van der Waals surface area contributed by atoms with Gasteiger partial charge < -0.3 is 15.5 Å². The van der Waals surface area contributed by atoms with Gasteiger partial charge in [0.05, 0.1) is 13.0 Å². The summed E-state index contributed by atoms with van der Waals surface area (Å²) in [6, 6.07) is 6.13. The van der Waals surface area contributed by atoms with Crippen molar-refractivity contribution >= 4 is 11.9 Å². The molecule has 1 aliphatic heterocycles. The Morgan fingerprint density at radius 2 is 2.08 bits per heavy atom. The molecule has 0 aliphatic carbocycles. The molecule has 1 heterocycles. The van der Waals surface area contributed by atoms with Crippen LogP contribution in [0.25, 0.3) is 0 Å². The fourth-order valence-electron chi connectivity index (χ4n) is 2.90. The fourth-order valence-corrected chi connectivity index (χ4v) is 2.90. The quantitative estimate of drug-likeness (QED) is 0.471. The summed E-state index contributed by atoms with van der Waals surface area (Å²) < 4.78 is 13.1. The summed E-state index contributed by atoms with van der Waals surface area (Å²) in [5.41, 5.74) is 0.678. The first kappa shape index (κ1) is 19.2. The average molecular weight is 348 g/mol. The maximum atomic E-state index is 13.1. The van der Waals surface area contributed by atoms with Gasteiger partial charge in [0.2, 0.25) is 5.91 Å². The maximum Gasteiger partial charge on any atom is 0.224 e. The SMILES string of the molecule is CCNC(=NCCNC(=O)Cc1cccc(F)c1)N1CCC(C)CC1. The minimum absolute atomic E-state index is 0.113. The lowest BCUT2D eigenvalue weighted by Crippen LogP contribution is -2.45. The lowest BCUT2D eigenvalue weighted by molar-refractivity contribution is -0.120. The minimum Gasteiger partial charge on any atom is -0.357 e. The summed E-state index contributed by atoms with van der Waals surface area (Å²) in [4.78, 5) is 18.8. The van der Waals surface area contributed by atoms with Crippen LogP contribution in [0.4, 0.5) is 4.39 Å². The zero-order valence-electron chi connectivity index (χ0n) is 15.2.